The fourth-order valence-corrected chi connectivity index (χ4v) is 5.91. The van der Waals surface area contributed by atoms with Gasteiger partial charge in [-0.15, -0.1) is 5.10 Å². The van der Waals surface area contributed by atoms with Crippen LogP contribution >= 0.6 is 0 Å². The van der Waals surface area contributed by atoms with Crippen LogP contribution in [0.15, 0.2) is 53.3 Å². The predicted octanol–water partition coefficient (Wildman–Crippen LogP) is 4.87. The minimum atomic E-state index is -0.371. The number of rotatable bonds is 4. The molecule has 3 heterocycles. The van der Waals surface area contributed by atoms with E-state index < -0.39 is 0 Å². The summed E-state index contributed by atoms with van der Waals surface area (Å²) < 4.78 is 2.01. The summed E-state index contributed by atoms with van der Waals surface area (Å²) in [6.07, 6.45) is 6.72. The summed E-state index contributed by atoms with van der Waals surface area (Å²) in [5.74, 6) is 0.757. The third kappa shape index (κ3) is 3.50. The van der Waals surface area contributed by atoms with Crippen LogP contribution in [0.25, 0.3) is 10.9 Å². The average molecular weight is 455 g/mol. The lowest BCUT2D eigenvalue weighted by atomic mass is 9.95. The minimum absolute atomic E-state index is 0.0869. The Hall–Kier alpha value is -3.48. The quantitative estimate of drug-likeness (QED) is 0.476. The van der Waals surface area contributed by atoms with Gasteiger partial charge in [-0.25, -0.2) is 4.68 Å². The number of hydrogen-bond donors (Lipinski definition) is 1. The van der Waals surface area contributed by atoms with Crippen molar-refractivity contribution in [3.8, 4) is 0 Å². The molecule has 6 rings (SSSR count). The van der Waals surface area contributed by atoms with Gasteiger partial charge in [0.05, 0.1) is 6.04 Å². The number of para-hydroxylation sites is 1. The van der Waals surface area contributed by atoms with Crippen molar-refractivity contribution in [3.05, 3.63) is 81.4 Å². The van der Waals surface area contributed by atoms with E-state index in [0.29, 0.717) is 5.56 Å². The number of nitrogens with zero attached hydrogens (tertiary/aromatic N) is 5. The average Bonchev–Trinajstić information content (AvgIpc) is 3.45. The number of hydrogen-bond acceptors (Lipinski definition) is 5. The normalized spacial score (nSPS) is 19.5. The minimum Gasteiger partial charge on any atom is -0.354 e. The molecule has 1 aliphatic carbocycles. The maximum absolute atomic E-state index is 13.6. The zero-order valence-electron chi connectivity index (χ0n) is 19.7. The van der Waals surface area contributed by atoms with Crippen molar-refractivity contribution in [2.75, 3.05) is 4.90 Å². The first-order valence-electron chi connectivity index (χ1n) is 12.4. The third-order valence-electron chi connectivity index (χ3n) is 7.54. The van der Waals surface area contributed by atoms with E-state index in [1.165, 1.54) is 24.8 Å². The number of aromatic amines is 1. The van der Waals surface area contributed by atoms with Gasteiger partial charge >= 0.3 is 0 Å². The summed E-state index contributed by atoms with van der Waals surface area (Å²) in [4.78, 5) is 19.0. The number of aryl methyl sites for hydroxylation is 1. The van der Waals surface area contributed by atoms with Crippen molar-refractivity contribution in [2.24, 2.45) is 0 Å². The number of tetrazole rings is 1. The number of pyridine rings is 1. The molecule has 0 amide bonds. The molecule has 0 saturated heterocycles. The molecule has 2 unspecified atom stereocenters. The SMILES string of the molecule is Cc1ccc2[nH]c(=O)c(C(c3nnnn3C3CCCCC3)N3c4ccccc4CC3C)cc2c1. The number of nitrogens with one attached hydrogen (secondary N) is 1. The predicted molar refractivity (Wildman–Crippen MR) is 133 cm³/mol. The van der Waals surface area contributed by atoms with E-state index in [1.54, 1.807) is 0 Å². The highest BCUT2D eigenvalue weighted by Gasteiger charge is 2.38. The summed E-state index contributed by atoms with van der Waals surface area (Å²) in [6.45, 7) is 4.30. The monoisotopic (exact) mass is 454 g/mol. The van der Waals surface area contributed by atoms with Crippen molar-refractivity contribution in [3.63, 3.8) is 0 Å². The molecule has 2 aliphatic rings. The molecule has 2 atom stereocenters. The molecule has 1 saturated carbocycles. The summed E-state index contributed by atoms with van der Waals surface area (Å²) in [5.41, 5.74) is 5.06. The molecule has 1 N–H and O–H groups in total. The summed E-state index contributed by atoms with van der Waals surface area (Å²) in [7, 11) is 0. The van der Waals surface area contributed by atoms with Crippen molar-refractivity contribution >= 4 is 16.6 Å². The molecular formula is C27H30N6O. The Balaban J connectivity index is 1.57. The van der Waals surface area contributed by atoms with Crippen molar-refractivity contribution in [2.45, 2.75) is 70.5 Å². The number of H-pyrrole nitrogens is 1. The van der Waals surface area contributed by atoms with Gasteiger partial charge in [0.15, 0.2) is 5.82 Å². The Kier molecular flexibility index (Phi) is 5.20. The van der Waals surface area contributed by atoms with E-state index in [2.05, 4.69) is 69.6 Å². The van der Waals surface area contributed by atoms with Crippen molar-refractivity contribution in [1.82, 2.24) is 25.2 Å². The van der Waals surface area contributed by atoms with Gasteiger partial charge in [0.2, 0.25) is 0 Å². The third-order valence-corrected chi connectivity index (χ3v) is 7.54. The lowest BCUT2D eigenvalue weighted by Crippen LogP contribution is -2.39. The van der Waals surface area contributed by atoms with Crippen molar-refractivity contribution < 1.29 is 0 Å². The largest absolute Gasteiger partial charge is 0.354 e. The van der Waals surface area contributed by atoms with Crippen LogP contribution in [-0.2, 0) is 6.42 Å². The highest BCUT2D eigenvalue weighted by molar-refractivity contribution is 5.80. The van der Waals surface area contributed by atoms with E-state index in [-0.39, 0.29) is 23.7 Å². The number of benzene rings is 2. The standard InChI is InChI=1S/C27H30N6O/c1-17-12-13-23-20(14-17)16-22(27(34)28-23)25(32-18(2)15-19-8-6-7-11-24(19)32)26-29-30-31-33(26)21-9-4-3-5-10-21/h6-8,11-14,16,18,21,25H,3-5,9-10,15H2,1-2H3,(H,28,34). The number of aromatic nitrogens is 5. The summed E-state index contributed by atoms with van der Waals surface area (Å²) in [6, 6.07) is 16.8. The Labute approximate surface area is 198 Å². The smallest absolute Gasteiger partial charge is 0.254 e. The van der Waals surface area contributed by atoms with Gasteiger partial charge in [-0.05, 0) is 78.8 Å². The Morgan fingerprint density at radius 2 is 1.88 bits per heavy atom. The van der Waals surface area contributed by atoms with E-state index in [4.69, 9.17) is 0 Å². The molecular weight excluding hydrogens is 424 g/mol. The lowest BCUT2D eigenvalue weighted by Gasteiger charge is -2.34. The van der Waals surface area contributed by atoms with Crippen LogP contribution in [0.3, 0.4) is 0 Å². The number of fused-ring (bicyclic) bond motifs is 2. The molecule has 1 aliphatic heterocycles. The maximum atomic E-state index is 13.6. The van der Waals surface area contributed by atoms with Crippen LogP contribution < -0.4 is 10.5 Å². The van der Waals surface area contributed by atoms with Crippen LogP contribution in [0.1, 0.15) is 73.6 Å². The molecule has 2 aromatic heterocycles. The first kappa shape index (κ1) is 21.1. The molecule has 174 valence electrons. The Bertz CT molecular complexity index is 1400. The highest BCUT2D eigenvalue weighted by atomic mass is 16.1. The van der Waals surface area contributed by atoms with Crippen LogP contribution in [0.4, 0.5) is 5.69 Å². The van der Waals surface area contributed by atoms with Crippen molar-refractivity contribution in [1.29, 1.82) is 0 Å². The molecule has 4 aromatic rings. The Morgan fingerprint density at radius 1 is 1.06 bits per heavy atom. The lowest BCUT2D eigenvalue weighted by molar-refractivity contribution is 0.312. The van der Waals surface area contributed by atoms with Crippen LogP contribution in [-0.4, -0.2) is 31.2 Å². The van der Waals surface area contributed by atoms with Crippen LogP contribution in [0, 0.1) is 6.92 Å². The second-order valence-corrected chi connectivity index (χ2v) is 9.91. The van der Waals surface area contributed by atoms with Gasteiger partial charge in [0.1, 0.15) is 6.04 Å². The van der Waals surface area contributed by atoms with Gasteiger partial charge in [0, 0.05) is 22.8 Å². The highest BCUT2D eigenvalue weighted by Crippen LogP contribution is 2.41. The van der Waals surface area contributed by atoms with Gasteiger partial charge in [-0.3, -0.25) is 4.79 Å². The molecule has 1 fully saturated rings. The maximum Gasteiger partial charge on any atom is 0.254 e. The fourth-order valence-electron chi connectivity index (χ4n) is 5.91. The summed E-state index contributed by atoms with van der Waals surface area (Å²) >= 11 is 0. The summed E-state index contributed by atoms with van der Waals surface area (Å²) in [5, 5.41) is 14.2. The van der Waals surface area contributed by atoms with E-state index >= 15 is 0 Å². The zero-order valence-corrected chi connectivity index (χ0v) is 19.7. The molecule has 0 spiro atoms. The van der Waals surface area contributed by atoms with Crippen LogP contribution in [0.2, 0.25) is 0 Å². The first-order chi connectivity index (χ1) is 16.6. The second kappa shape index (κ2) is 8.38. The zero-order chi connectivity index (χ0) is 23.2. The first-order valence-corrected chi connectivity index (χ1v) is 12.4. The second-order valence-electron chi connectivity index (χ2n) is 9.91. The molecule has 7 nitrogen and oxygen atoms in total. The Morgan fingerprint density at radius 3 is 2.74 bits per heavy atom. The number of anilines is 1. The van der Waals surface area contributed by atoms with Gasteiger partial charge in [-0.2, -0.15) is 0 Å². The van der Waals surface area contributed by atoms with E-state index in [9.17, 15) is 4.79 Å². The van der Waals surface area contributed by atoms with E-state index in [0.717, 1.165) is 47.2 Å². The van der Waals surface area contributed by atoms with Crippen LogP contribution in [0.5, 0.6) is 0 Å². The van der Waals surface area contributed by atoms with Gasteiger partial charge in [0.25, 0.3) is 5.56 Å². The molecule has 0 bridgehead atoms. The van der Waals surface area contributed by atoms with E-state index in [1.807, 2.05) is 22.9 Å². The topological polar surface area (TPSA) is 79.7 Å². The van der Waals surface area contributed by atoms with Gasteiger partial charge < -0.3 is 9.88 Å². The molecule has 0 radical (unpaired) electrons. The fraction of sp³-hybridized carbons (Fsp3) is 0.407. The molecule has 7 heteroatoms. The van der Waals surface area contributed by atoms with Gasteiger partial charge in [-0.1, -0.05) is 49.1 Å². The molecule has 2 aromatic carbocycles. The molecule has 34 heavy (non-hydrogen) atoms.